The van der Waals surface area contributed by atoms with Crippen LogP contribution in [0.25, 0.3) is 11.3 Å². The molecule has 128 valence electrons. The number of hydrogen-bond donors (Lipinski definition) is 2. The highest BCUT2D eigenvalue weighted by molar-refractivity contribution is 7.05. The van der Waals surface area contributed by atoms with Gasteiger partial charge in [0.05, 0.1) is 5.69 Å². The van der Waals surface area contributed by atoms with Gasteiger partial charge in [-0.25, -0.2) is 0 Å². The van der Waals surface area contributed by atoms with E-state index in [1.165, 1.54) is 11.3 Å². The Bertz CT molecular complexity index is 655. The van der Waals surface area contributed by atoms with Crippen molar-refractivity contribution in [1.82, 2.24) is 9.36 Å². The molecule has 0 bridgehead atoms. The molecule has 1 aromatic carbocycles. The second kappa shape index (κ2) is 11.3. The van der Waals surface area contributed by atoms with Crippen LogP contribution in [0.2, 0.25) is 0 Å². The summed E-state index contributed by atoms with van der Waals surface area (Å²) in [7, 11) is 0. The highest BCUT2D eigenvalue weighted by Crippen LogP contribution is 2.19. The van der Waals surface area contributed by atoms with Crippen LogP contribution in [0, 0.1) is 0 Å². The van der Waals surface area contributed by atoms with Gasteiger partial charge in [0.25, 0.3) is 0 Å². The maximum absolute atomic E-state index is 10.8. The number of aromatic amines is 1. The average Bonchev–Trinajstić information content (AvgIpc) is 2.57. The lowest BCUT2D eigenvalue weighted by Crippen LogP contribution is -2.05. The van der Waals surface area contributed by atoms with Gasteiger partial charge in [-0.05, 0) is 37.1 Å². The standard InChI is InChI=1S/C11H15NO.C7H6N2S.CH4/c12-8-4-7-11(9-13)10-5-2-1-3-6-10;1-3-8-4-2-6(1)7-5-10-9-7;/h1-3,5-6,9,11H,4,7-8,12H2;1-5,9H;1H4. The summed E-state index contributed by atoms with van der Waals surface area (Å²) in [5, 5.41) is 2.08. The van der Waals surface area contributed by atoms with E-state index in [1.54, 1.807) is 23.9 Å². The van der Waals surface area contributed by atoms with E-state index in [0.717, 1.165) is 24.7 Å². The van der Waals surface area contributed by atoms with Gasteiger partial charge in [0.2, 0.25) is 0 Å². The zero-order chi connectivity index (χ0) is 16.3. The number of nitrogens with zero attached hydrogens (tertiary/aromatic N) is 1. The third-order valence-corrected chi connectivity index (χ3v) is 4.14. The molecule has 0 aliphatic heterocycles. The van der Waals surface area contributed by atoms with Crippen molar-refractivity contribution in [2.24, 2.45) is 5.73 Å². The number of benzene rings is 1. The number of H-pyrrole nitrogens is 1. The maximum atomic E-state index is 10.8. The van der Waals surface area contributed by atoms with Crippen LogP contribution in [0.4, 0.5) is 0 Å². The first kappa shape index (κ1) is 19.8. The van der Waals surface area contributed by atoms with E-state index in [4.69, 9.17) is 5.73 Å². The number of aromatic nitrogens is 2. The van der Waals surface area contributed by atoms with Gasteiger partial charge in [0.1, 0.15) is 6.29 Å². The van der Waals surface area contributed by atoms with Gasteiger partial charge in [0, 0.05) is 29.3 Å². The molecule has 2 heterocycles. The first-order chi connectivity index (χ1) is 11.3. The predicted octanol–water partition coefficient (Wildman–Crippen LogP) is 4.48. The minimum Gasteiger partial charge on any atom is -0.330 e. The van der Waals surface area contributed by atoms with Crippen molar-refractivity contribution in [2.75, 3.05) is 6.54 Å². The molecular formula is C19H25N3OS. The van der Waals surface area contributed by atoms with Crippen molar-refractivity contribution < 1.29 is 4.79 Å². The molecule has 24 heavy (non-hydrogen) atoms. The van der Waals surface area contributed by atoms with Crippen LogP contribution >= 0.6 is 11.5 Å². The quantitative estimate of drug-likeness (QED) is 0.648. The molecule has 0 saturated heterocycles. The normalized spacial score (nSPS) is 10.9. The van der Waals surface area contributed by atoms with Crippen LogP contribution in [0.1, 0.15) is 31.7 Å². The summed E-state index contributed by atoms with van der Waals surface area (Å²) in [6.07, 6.45) is 6.34. The van der Waals surface area contributed by atoms with E-state index in [1.807, 2.05) is 42.5 Å². The molecule has 3 aromatic rings. The van der Waals surface area contributed by atoms with Crippen LogP contribution in [-0.2, 0) is 4.79 Å². The molecule has 3 rings (SSSR count). The van der Waals surface area contributed by atoms with E-state index in [0.29, 0.717) is 6.54 Å². The summed E-state index contributed by atoms with van der Waals surface area (Å²) >= 11 is 1.61. The minimum atomic E-state index is 0. The van der Waals surface area contributed by atoms with E-state index < -0.39 is 0 Å². The Hall–Kier alpha value is -2.24. The number of carbonyl (C=O) groups excluding carboxylic acids is 1. The Balaban J connectivity index is 0.000000236. The maximum Gasteiger partial charge on any atom is 0.127 e. The van der Waals surface area contributed by atoms with Gasteiger partial charge in [-0.1, -0.05) is 49.3 Å². The number of hydrogen-bond acceptors (Lipinski definition) is 4. The van der Waals surface area contributed by atoms with Gasteiger partial charge in [-0.2, -0.15) is 0 Å². The van der Waals surface area contributed by atoms with Crippen molar-refractivity contribution in [2.45, 2.75) is 26.2 Å². The molecular weight excluding hydrogens is 318 g/mol. The highest BCUT2D eigenvalue weighted by atomic mass is 32.1. The Kier molecular flexibility index (Phi) is 9.34. The number of carbonyl (C=O) groups is 1. The van der Waals surface area contributed by atoms with Crippen LogP contribution in [0.5, 0.6) is 0 Å². The molecule has 0 saturated carbocycles. The molecule has 0 aliphatic rings. The largest absolute Gasteiger partial charge is 0.330 e. The zero-order valence-corrected chi connectivity index (χ0v) is 13.7. The molecule has 3 N–H and O–H groups in total. The molecule has 5 heteroatoms. The van der Waals surface area contributed by atoms with Crippen molar-refractivity contribution >= 4 is 17.8 Å². The molecule has 0 amide bonds. The molecule has 1 unspecified atom stereocenters. The first-order valence-corrected chi connectivity index (χ1v) is 8.45. The number of nitrogens with two attached hydrogens (primary N) is 1. The molecule has 2 aromatic heterocycles. The average molecular weight is 343 g/mol. The van der Waals surface area contributed by atoms with Gasteiger partial charge in [-0.15, -0.1) is 0 Å². The lowest BCUT2D eigenvalue weighted by Gasteiger charge is -2.08. The number of aldehydes is 1. The molecule has 0 fully saturated rings. The van der Waals surface area contributed by atoms with E-state index in [-0.39, 0.29) is 13.3 Å². The van der Waals surface area contributed by atoms with Crippen molar-refractivity contribution in [3.8, 4) is 11.3 Å². The fourth-order valence-electron chi connectivity index (χ4n) is 2.13. The van der Waals surface area contributed by atoms with Crippen LogP contribution in [0.3, 0.4) is 0 Å². The summed E-state index contributed by atoms with van der Waals surface area (Å²) in [4.78, 5) is 14.7. The van der Waals surface area contributed by atoms with Crippen molar-refractivity contribution in [3.05, 3.63) is 65.8 Å². The lowest BCUT2D eigenvalue weighted by atomic mass is 9.96. The monoisotopic (exact) mass is 343 g/mol. The molecule has 4 nitrogen and oxygen atoms in total. The molecule has 0 radical (unpaired) electrons. The Morgan fingerprint density at radius 2 is 1.83 bits per heavy atom. The topological polar surface area (TPSA) is 71.8 Å². The summed E-state index contributed by atoms with van der Waals surface area (Å²) in [6, 6.07) is 13.8. The number of pyridine rings is 1. The first-order valence-electron chi connectivity index (χ1n) is 7.57. The van der Waals surface area contributed by atoms with E-state index >= 15 is 0 Å². The zero-order valence-electron chi connectivity index (χ0n) is 12.9. The summed E-state index contributed by atoms with van der Waals surface area (Å²) in [5.41, 5.74) is 8.87. The third-order valence-electron chi connectivity index (χ3n) is 3.45. The van der Waals surface area contributed by atoms with Crippen LogP contribution < -0.4 is 5.73 Å². The van der Waals surface area contributed by atoms with Gasteiger partial charge >= 0.3 is 0 Å². The number of rotatable bonds is 6. The SMILES string of the molecule is C.NCCCC(C=O)c1ccccc1.c1cc(-c2cs[nH]2)ccn1. The van der Waals surface area contributed by atoms with Gasteiger partial charge in [0.15, 0.2) is 0 Å². The van der Waals surface area contributed by atoms with E-state index in [2.05, 4.69) is 14.7 Å². The Morgan fingerprint density at radius 3 is 2.33 bits per heavy atom. The fourth-order valence-corrected chi connectivity index (χ4v) is 2.62. The van der Waals surface area contributed by atoms with Crippen molar-refractivity contribution in [3.63, 3.8) is 0 Å². The second-order valence-corrected chi connectivity index (χ2v) is 5.75. The fraction of sp³-hybridized carbons (Fsp3) is 0.263. The van der Waals surface area contributed by atoms with Crippen molar-refractivity contribution in [1.29, 1.82) is 0 Å². The van der Waals surface area contributed by atoms with E-state index in [9.17, 15) is 4.79 Å². The second-order valence-electron chi connectivity index (χ2n) is 5.07. The summed E-state index contributed by atoms with van der Waals surface area (Å²) in [6.45, 7) is 0.650. The predicted molar refractivity (Wildman–Crippen MR) is 102 cm³/mol. The van der Waals surface area contributed by atoms with Crippen LogP contribution in [-0.4, -0.2) is 22.2 Å². The number of nitrogens with one attached hydrogen (secondary N) is 1. The molecule has 0 spiro atoms. The van der Waals surface area contributed by atoms with Gasteiger partial charge in [-0.3, -0.25) is 4.98 Å². The smallest absolute Gasteiger partial charge is 0.127 e. The Labute approximate surface area is 147 Å². The lowest BCUT2D eigenvalue weighted by molar-refractivity contribution is -0.109. The molecule has 0 aliphatic carbocycles. The molecule has 1 atom stereocenters. The Morgan fingerprint density at radius 1 is 1.17 bits per heavy atom. The minimum absolute atomic E-state index is 0. The van der Waals surface area contributed by atoms with Crippen LogP contribution in [0.15, 0.2) is 60.2 Å². The van der Waals surface area contributed by atoms with Gasteiger partial charge < -0.3 is 14.9 Å². The third kappa shape index (κ3) is 6.10. The highest BCUT2D eigenvalue weighted by Gasteiger charge is 2.08. The summed E-state index contributed by atoms with van der Waals surface area (Å²) < 4.78 is 3.11. The summed E-state index contributed by atoms with van der Waals surface area (Å²) in [5.74, 6) is 0.0183.